The Morgan fingerprint density at radius 2 is 1.82 bits per heavy atom. The lowest BCUT2D eigenvalue weighted by molar-refractivity contribution is -0.117. The van der Waals surface area contributed by atoms with Crippen molar-refractivity contribution >= 4 is 27.5 Å². The number of hydrogen-bond donors (Lipinski definition) is 1. The van der Waals surface area contributed by atoms with E-state index in [0.717, 1.165) is 17.3 Å². The summed E-state index contributed by atoms with van der Waals surface area (Å²) in [5.41, 5.74) is 0.593. The molecule has 17 heavy (non-hydrogen) atoms. The first-order valence-corrected chi connectivity index (χ1v) is 6.17. The highest BCUT2D eigenvalue weighted by Gasteiger charge is 2.30. The number of methoxy groups -OCH3 is 2. The molecule has 0 saturated heterocycles. The zero-order valence-electron chi connectivity index (χ0n) is 9.75. The molecule has 1 aromatic rings. The van der Waals surface area contributed by atoms with Crippen molar-refractivity contribution in [1.29, 1.82) is 0 Å². The van der Waals surface area contributed by atoms with Crippen molar-refractivity contribution in [3.63, 3.8) is 0 Å². The van der Waals surface area contributed by atoms with Crippen LogP contribution in [-0.2, 0) is 4.79 Å². The zero-order chi connectivity index (χ0) is 12.4. The molecule has 1 aliphatic rings. The predicted octanol–water partition coefficient (Wildman–Crippen LogP) is 2.81. The minimum absolute atomic E-state index is 0.0314. The van der Waals surface area contributed by atoms with Gasteiger partial charge in [-0.2, -0.15) is 0 Å². The second kappa shape index (κ2) is 4.96. The first-order chi connectivity index (χ1) is 8.15. The van der Waals surface area contributed by atoms with Crippen molar-refractivity contribution in [2.75, 3.05) is 19.5 Å². The number of carbonyl (C=O) groups is 1. The van der Waals surface area contributed by atoms with Crippen LogP contribution in [0.1, 0.15) is 12.8 Å². The molecule has 1 saturated carbocycles. The van der Waals surface area contributed by atoms with E-state index in [9.17, 15) is 4.79 Å². The predicted molar refractivity (Wildman–Crippen MR) is 68.6 cm³/mol. The third-order valence-electron chi connectivity index (χ3n) is 2.67. The molecule has 1 aliphatic carbocycles. The van der Waals surface area contributed by atoms with E-state index in [1.54, 1.807) is 26.4 Å². The molecule has 1 aromatic carbocycles. The molecular weight excluding hydrogens is 286 g/mol. The molecule has 0 aliphatic heterocycles. The summed E-state index contributed by atoms with van der Waals surface area (Å²) in [6.07, 6.45) is 1.93. The molecule has 4 nitrogen and oxygen atoms in total. The number of halogens is 1. The monoisotopic (exact) mass is 299 g/mol. The topological polar surface area (TPSA) is 47.6 Å². The molecule has 0 bridgehead atoms. The normalized spacial score (nSPS) is 14.3. The van der Waals surface area contributed by atoms with Gasteiger partial charge >= 0.3 is 0 Å². The lowest BCUT2D eigenvalue weighted by Gasteiger charge is -2.14. The van der Waals surface area contributed by atoms with Crippen molar-refractivity contribution < 1.29 is 14.3 Å². The second-order valence-corrected chi connectivity index (χ2v) is 4.86. The van der Waals surface area contributed by atoms with Crippen LogP contribution in [0.25, 0.3) is 0 Å². The highest BCUT2D eigenvalue weighted by atomic mass is 79.9. The Kier molecular flexibility index (Phi) is 3.57. The van der Waals surface area contributed by atoms with Crippen LogP contribution in [0.3, 0.4) is 0 Å². The molecule has 0 heterocycles. The molecule has 0 atom stereocenters. The average Bonchev–Trinajstić information content (AvgIpc) is 3.14. The molecule has 1 amide bonds. The van der Waals surface area contributed by atoms with Gasteiger partial charge < -0.3 is 14.8 Å². The molecule has 1 N–H and O–H groups in total. The van der Waals surface area contributed by atoms with Gasteiger partial charge in [0.25, 0.3) is 0 Å². The first kappa shape index (κ1) is 12.2. The number of rotatable bonds is 4. The van der Waals surface area contributed by atoms with Gasteiger partial charge in [0.2, 0.25) is 5.91 Å². The van der Waals surface area contributed by atoms with Gasteiger partial charge in [-0.25, -0.2) is 0 Å². The van der Waals surface area contributed by atoms with Crippen LogP contribution in [-0.4, -0.2) is 20.1 Å². The summed E-state index contributed by atoms with van der Waals surface area (Å²) in [4.78, 5) is 11.8. The average molecular weight is 300 g/mol. The highest BCUT2D eigenvalue weighted by Crippen LogP contribution is 2.39. The Labute approximate surface area is 108 Å². The molecule has 0 spiro atoms. The van der Waals surface area contributed by atoms with Crippen LogP contribution in [0.15, 0.2) is 16.6 Å². The van der Waals surface area contributed by atoms with Crippen molar-refractivity contribution in [1.82, 2.24) is 0 Å². The van der Waals surface area contributed by atoms with Gasteiger partial charge in [0.05, 0.1) is 14.2 Å². The minimum atomic E-state index is 0.0314. The van der Waals surface area contributed by atoms with Crippen molar-refractivity contribution in [2.45, 2.75) is 12.8 Å². The lowest BCUT2D eigenvalue weighted by atomic mass is 10.2. The smallest absolute Gasteiger partial charge is 0.227 e. The van der Waals surface area contributed by atoms with E-state index in [0.29, 0.717) is 17.2 Å². The molecule has 0 unspecified atom stereocenters. The maximum atomic E-state index is 11.8. The van der Waals surface area contributed by atoms with Gasteiger partial charge in [-0.05, 0) is 25.0 Å². The van der Waals surface area contributed by atoms with Crippen molar-refractivity contribution in [3.05, 3.63) is 16.6 Å². The van der Waals surface area contributed by atoms with Gasteiger partial charge in [-0.1, -0.05) is 15.9 Å². The fourth-order valence-corrected chi connectivity index (χ4v) is 1.99. The quantitative estimate of drug-likeness (QED) is 0.930. The maximum Gasteiger partial charge on any atom is 0.227 e. The van der Waals surface area contributed by atoms with Crippen molar-refractivity contribution in [3.8, 4) is 11.5 Å². The molecule has 5 heteroatoms. The summed E-state index contributed by atoms with van der Waals surface area (Å²) >= 11 is 3.36. The molecule has 0 aromatic heterocycles. The van der Waals surface area contributed by atoms with Gasteiger partial charge in [-0.15, -0.1) is 0 Å². The van der Waals surface area contributed by atoms with Crippen LogP contribution in [0.5, 0.6) is 11.5 Å². The van der Waals surface area contributed by atoms with Crippen LogP contribution in [0.2, 0.25) is 0 Å². The molecule has 92 valence electrons. The van der Waals surface area contributed by atoms with Crippen LogP contribution < -0.4 is 14.8 Å². The summed E-state index contributed by atoms with van der Waals surface area (Å²) in [6.45, 7) is 0. The molecule has 2 rings (SSSR count). The maximum absolute atomic E-state index is 11.8. The van der Waals surface area contributed by atoms with Gasteiger partial charge in [0, 0.05) is 10.4 Å². The van der Waals surface area contributed by atoms with Crippen molar-refractivity contribution in [2.24, 2.45) is 5.92 Å². The van der Waals surface area contributed by atoms with E-state index in [4.69, 9.17) is 9.47 Å². The van der Waals surface area contributed by atoms with Crippen LogP contribution in [0, 0.1) is 5.92 Å². The minimum Gasteiger partial charge on any atom is -0.494 e. The van der Waals surface area contributed by atoms with Crippen LogP contribution in [0.4, 0.5) is 5.69 Å². The highest BCUT2D eigenvalue weighted by molar-refractivity contribution is 9.10. The number of ether oxygens (including phenoxy) is 2. The number of amides is 1. The Bertz CT molecular complexity index is 418. The Morgan fingerprint density at radius 3 is 2.24 bits per heavy atom. The van der Waals surface area contributed by atoms with Gasteiger partial charge in [-0.3, -0.25) is 4.79 Å². The molecular formula is C12H14BrNO3. The Balaban J connectivity index is 2.31. The lowest BCUT2D eigenvalue weighted by Crippen LogP contribution is -2.14. The van der Waals surface area contributed by atoms with E-state index >= 15 is 0 Å². The number of nitrogens with one attached hydrogen (secondary N) is 1. The van der Waals surface area contributed by atoms with E-state index in [2.05, 4.69) is 21.2 Å². The summed E-state index contributed by atoms with van der Waals surface area (Å²) < 4.78 is 11.3. The van der Waals surface area contributed by atoms with Gasteiger partial charge in [0.15, 0.2) is 0 Å². The van der Waals surface area contributed by atoms with Gasteiger partial charge in [0.1, 0.15) is 17.2 Å². The second-order valence-electron chi connectivity index (χ2n) is 3.95. The number of anilines is 1. The SMILES string of the molecule is COc1cc(Br)cc(OC)c1NC(=O)C1CC1. The third-order valence-corrected chi connectivity index (χ3v) is 3.12. The number of carbonyl (C=O) groups excluding carboxylic acids is 1. The fourth-order valence-electron chi connectivity index (χ4n) is 1.57. The van der Waals surface area contributed by atoms with Crippen LogP contribution >= 0.6 is 15.9 Å². The Hall–Kier alpha value is -1.23. The summed E-state index contributed by atoms with van der Waals surface area (Å²) in [5, 5.41) is 2.86. The summed E-state index contributed by atoms with van der Waals surface area (Å²) in [5.74, 6) is 1.35. The molecule has 1 fully saturated rings. The summed E-state index contributed by atoms with van der Waals surface area (Å²) in [7, 11) is 3.13. The number of benzene rings is 1. The van der Waals surface area contributed by atoms with E-state index in [1.165, 1.54) is 0 Å². The van der Waals surface area contributed by atoms with E-state index in [1.807, 2.05) is 0 Å². The Morgan fingerprint density at radius 1 is 1.29 bits per heavy atom. The van der Waals surface area contributed by atoms with E-state index in [-0.39, 0.29) is 11.8 Å². The standard InChI is InChI=1S/C12H14BrNO3/c1-16-9-5-8(13)6-10(17-2)11(9)14-12(15)7-3-4-7/h5-7H,3-4H2,1-2H3,(H,14,15). The largest absolute Gasteiger partial charge is 0.494 e. The van der Waals surface area contributed by atoms with E-state index < -0.39 is 0 Å². The zero-order valence-corrected chi connectivity index (χ0v) is 11.3. The number of hydrogen-bond acceptors (Lipinski definition) is 3. The summed E-state index contributed by atoms with van der Waals surface area (Å²) in [6, 6.07) is 3.59. The first-order valence-electron chi connectivity index (χ1n) is 5.38. The molecule has 0 radical (unpaired) electrons. The fraction of sp³-hybridized carbons (Fsp3) is 0.417. The third kappa shape index (κ3) is 2.72.